The highest BCUT2D eigenvalue weighted by Crippen LogP contribution is 2.83. The van der Waals surface area contributed by atoms with Crippen molar-refractivity contribution in [1.29, 1.82) is 0 Å². The van der Waals surface area contributed by atoms with Crippen molar-refractivity contribution in [3.63, 3.8) is 0 Å². The fourth-order valence-corrected chi connectivity index (χ4v) is 20.7. The van der Waals surface area contributed by atoms with E-state index < -0.39 is 23.8 Å². The summed E-state index contributed by atoms with van der Waals surface area (Å²) in [6, 6.07) is 68.6. The molecule has 0 unspecified atom stereocenters. The summed E-state index contributed by atoms with van der Waals surface area (Å²) in [5.74, 6) is 0. The predicted molar refractivity (Wildman–Crippen MR) is 199 cm³/mol. The highest BCUT2D eigenvalue weighted by Gasteiger charge is 2.60. The van der Waals surface area contributed by atoms with Crippen LogP contribution in [0.3, 0.4) is 0 Å². The molecule has 6 aromatic carbocycles. The lowest BCUT2D eigenvalue weighted by Crippen LogP contribution is -2.50. The zero-order valence-corrected chi connectivity index (χ0v) is 28.3. The second-order valence-electron chi connectivity index (χ2n) is 11.9. The zero-order chi connectivity index (χ0) is 30.4. The molecule has 0 fully saturated rings. The van der Waals surface area contributed by atoms with E-state index in [0.717, 1.165) is 0 Å². The minimum atomic E-state index is -0.902. The van der Waals surface area contributed by atoms with Crippen molar-refractivity contribution in [3.8, 4) is 0 Å². The predicted octanol–water partition coefficient (Wildman–Crippen LogP) is 9.09. The third kappa shape index (κ3) is 5.97. The van der Waals surface area contributed by atoms with Crippen molar-refractivity contribution in [3.05, 3.63) is 182 Å². The Bertz CT molecular complexity index is 1400. The maximum atomic E-state index is 2.52. The topological polar surface area (TPSA) is 0 Å². The van der Waals surface area contributed by atoms with E-state index in [-0.39, 0.29) is 10.1 Å². The molecular formula is C41H39P3. The second kappa shape index (κ2) is 13.7. The van der Waals surface area contributed by atoms with Gasteiger partial charge in [0.2, 0.25) is 0 Å². The fraction of sp³-hybridized carbons (Fsp3) is 0.122. The van der Waals surface area contributed by atoms with Crippen LogP contribution in [0.2, 0.25) is 0 Å². The summed E-state index contributed by atoms with van der Waals surface area (Å²) >= 11 is 0. The molecule has 0 saturated heterocycles. The first-order valence-electron chi connectivity index (χ1n) is 15.2. The molecule has 218 valence electrons. The van der Waals surface area contributed by atoms with Crippen molar-refractivity contribution < 1.29 is 0 Å². The largest absolute Gasteiger partial charge is 0.0622 e. The summed E-state index contributed by atoms with van der Waals surface area (Å²) < 4.78 is -0.193. The molecule has 6 rings (SSSR count). The number of hydrogen-bond donors (Lipinski definition) is 0. The van der Waals surface area contributed by atoms with Crippen LogP contribution < -0.4 is 31.8 Å². The summed E-state index contributed by atoms with van der Waals surface area (Å²) in [5, 5.41) is 8.60. The Morgan fingerprint density at radius 2 is 0.432 bits per heavy atom. The molecule has 0 bridgehead atoms. The van der Waals surface area contributed by atoms with E-state index in [1.807, 2.05) is 0 Å². The van der Waals surface area contributed by atoms with Crippen LogP contribution in [0.5, 0.6) is 0 Å². The minimum Gasteiger partial charge on any atom is -0.0622 e. The van der Waals surface area contributed by atoms with Gasteiger partial charge in [0.15, 0.2) is 0 Å². The van der Waals surface area contributed by atoms with Gasteiger partial charge in [-0.1, -0.05) is 203 Å². The van der Waals surface area contributed by atoms with Gasteiger partial charge < -0.3 is 0 Å². The average Bonchev–Trinajstić information content (AvgIpc) is 3.07. The molecule has 6 aromatic rings. The van der Waals surface area contributed by atoms with Crippen molar-refractivity contribution in [2.45, 2.75) is 25.4 Å². The summed E-state index contributed by atoms with van der Waals surface area (Å²) in [5.41, 5.74) is -0.112. The van der Waals surface area contributed by atoms with Gasteiger partial charge >= 0.3 is 0 Å². The molecule has 0 heterocycles. The average molecular weight is 625 g/mol. The summed E-state index contributed by atoms with van der Waals surface area (Å²) in [4.78, 5) is 0. The first kappa shape index (κ1) is 30.6. The quantitative estimate of drug-likeness (QED) is 0.141. The van der Waals surface area contributed by atoms with E-state index in [1.54, 1.807) is 0 Å². The molecule has 0 amide bonds. The molecule has 0 aliphatic rings. The smallest absolute Gasteiger partial charge is 0.0593 e. The molecule has 0 nitrogen and oxygen atoms in total. The van der Waals surface area contributed by atoms with Crippen LogP contribution in [0.25, 0.3) is 0 Å². The Hall–Kier alpha value is -3.39. The zero-order valence-electron chi connectivity index (χ0n) is 25.7. The number of hydrogen-bond acceptors (Lipinski definition) is 0. The fourth-order valence-electron chi connectivity index (χ4n) is 6.30. The van der Waals surface area contributed by atoms with E-state index in [2.05, 4.69) is 203 Å². The molecule has 0 saturated carbocycles. The van der Waals surface area contributed by atoms with Gasteiger partial charge in [0.25, 0.3) is 0 Å². The van der Waals surface area contributed by atoms with Crippen LogP contribution in [0.1, 0.15) is 20.8 Å². The highest BCUT2D eigenvalue weighted by molar-refractivity contribution is 8.05. The third-order valence-electron chi connectivity index (χ3n) is 8.03. The lowest BCUT2D eigenvalue weighted by Gasteiger charge is -2.59. The molecule has 0 N–H and O–H groups in total. The number of benzene rings is 6. The molecule has 0 radical (unpaired) electrons. The number of rotatable bonds is 9. The van der Waals surface area contributed by atoms with Gasteiger partial charge in [-0.2, -0.15) is 0 Å². The second-order valence-corrected chi connectivity index (χ2v) is 20.1. The normalized spacial score (nSPS) is 12.1. The van der Waals surface area contributed by atoms with Gasteiger partial charge in [0.1, 0.15) is 0 Å². The Kier molecular flexibility index (Phi) is 9.55. The van der Waals surface area contributed by atoms with Gasteiger partial charge in [-0.25, -0.2) is 0 Å². The lowest BCUT2D eigenvalue weighted by atomic mass is 9.99. The molecule has 0 atom stereocenters. The summed E-state index contributed by atoms with van der Waals surface area (Å²) in [6.45, 7) is 7.57. The molecule has 0 aliphatic carbocycles. The molecule has 0 aromatic heterocycles. The van der Waals surface area contributed by atoms with E-state index in [0.29, 0.717) is 0 Å². The van der Waals surface area contributed by atoms with Gasteiger partial charge in [0, 0.05) is 0 Å². The maximum Gasteiger partial charge on any atom is 0.0593 e. The van der Waals surface area contributed by atoms with Crippen LogP contribution in [0, 0.1) is 5.41 Å². The monoisotopic (exact) mass is 624 g/mol. The third-order valence-corrected chi connectivity index (χ3v) is 20.4. The Balaban J connectivity index is 1.85. The first-order chi connectivity index (χ1) is 21.5. The van der Waals surface area contributed by atoms with Crippen LogP contribution in [-0.4, -0.2) is 4.64 Å². The van der Waals surface area contributed by atoms with Gasteiger partial charge in [-0.15, -0.1) is 0 Å². The van der Waals surface area contributed by atoms with Crippen LogP contribution in [-0.2, 0) is 0 Å². The molecule has 44 heavy (non-hydrogen) atoms. The standard InChI is InChI=1S/C41H39P3/c1-40(2,3)41(42(34-22-10-4-11-23-34)35-24-12-5-13-25-35,43(36-26-14-6-15-27-36)37-28-16-7-17-29-37)44(38-30-18-8-19-31-38)39-32-20-9-21-33-39/h4-33H,1-3H3. The molecule has 0 spiro atoms. The van der Waals surface area contributed by atoms with Crippen LogP contribution in [0.4, 0.5) is 0 Å². The highest BCUT2D eigenvalue weighted by atomic mass is 31.2. The van der Waals surface area contributed by atoms with E-state index in [1.165, 1.54) is 31.8 Å². The van der Waals surface area contributed by atoms with Gasteiger partial charge in [-0.05, 0) is 61.0 Å². The Morgan fingerprint density at radius 1 is 0.273 bits per heavy atom. The van der Waals surface area contributed by atoms with Gasteiger partial charge in [-0.3, -0.25) is 0 Å². The maximum absolute atomic E-state index is 2.52. The van der Waals surface area contributed by atoms with Crippen molar-refractivity contribution >= 4 is 55.6 Å². The van der Waals surface area contributed by atoms with Gasteiger partial charge in [0.05, 0.1) is 4.64 Å². The van der Waals surface area contributed by atoms with E-state index in [9.17, 15) is 0 Å². The Labute approximate surface area is 267 Å². The first-order valence-corrected chi connectivity index (χ1v) is 19.3. The van der Waals surface area contributed by atoms with Crippen LogP contribution in [0.15, 0.2) is 182 Å². The molecular weight excluding hydrogens is 585 g/mol. The summed E-state index contributed by atoms with van der Waals surface area (Å²) in [6.07, 6.45) is 0. The van der Waals surface area contributed by atoms with E-state index >= 15 is 0 Å². The summed E-state index contributed by atoms with van der Waals surface area (Å²) in [7, 11) is -2.71. The van der Waals surface area contributed by atoms with Crippen LogP contribution >= 0.6 is 23.8 Å². The van der Waals surface area contributed by atoms with E-state index in [4.69, 9.17) is 0 Å². The van der Waals surface area contributed by atoms with Crippen molar-refractivity contribution in [1.82, 2.24) is 0 Å². The van der Waals surface area contributed by atoms with Crippen molar-refractivity contribution in [2.24, 2.45) is 5.41 Å². The lowest BCUT2D eigenvalue weighted by molar-refractivity contribution is 0.430. The Morgan fingerprint density at radius 3 is 0.568 bits per heavy atom. The molecule has 3 heteroatoms. The minimum absolute atomic E-state index is 0.112. The van der Waals surface area contributed by atoms with Crippen molar-refractivity contribution in [2.75, 3.05) is 0 Å². The molecule has 0 aliphatic heterocycles. The SMILES string of the molecule is CC(C)(C)C(P(c1ccccc1)c1ccccc1)(P(c1ccccc1)c1ccccc1)P(c1ccccc1)c1ccccc1.